The molecule has 0 aliphatic carbocycles. The Morgan fingerprint density at radius 3 is 2.87 bits per heavy atom. The van der Waals surface area contributed by atoms with Gasteiger partial charge in [0.25, 0.3) is 5.56 Å². The van der Waals surface area contributed by atoms with Crippen molar-refractivity contribution >= 4 is 33.2 Å². The number of thiazole rings is 1. The van der Waals surface area contributed by atoms with Crippen molar-refractivity contribution < 1.29 is 0 Å². The zero-order valence-corrected chi connectivity index (χ0v) is 18.1. The molecule has 0 aromatic carbocycles. The Balaban J connectivity index is 1.52. The van der Waals surface area contributed by atoms with Crippen LogP contribution in [0, 0.1) is 31.1 Å². The second kappa shape index (κ2) is 7.06. The molecule has 3 aromatic heterocycles. The highest BCUT2D eigenvalue weighted by molar-refractivity contribution is 7.18. The molecule has 5 heterocycles. The van der Waals surface area contributed by atoms with Gasteiger partial charge in [-0.25, -0.2) is 15.0 Å². The van der Waals surface area contributed by atoms with Crippen molar-refractivity contribution in [2.24, 2.45) is 13.0 Å². The largest absolute Gasteiger partial charge is 0.368 e. The molecular formula is C21H23N7OS. The average molecular weight is 422 g/mol. The molecule has 0 unspecified atom stereocenters. The summed E-state index contributed by atoms with van der Waals surface area (Å²) in [6.45, 7) is 6.57. The first-order valence-electron chi connectivity index (χ1n) is 10.2. The number of anilines is 2. The van der Waals surface area contributed by atoms with E-state index in [-0.39, 0.29) is 11.1 Å². The van der Waals surface area contributed by atoms with E-state index in [1.54, 1.807) is 17.9 Å². The maximum atomic E-state index is 12.9. The van der Waals surface area contributed by atoms with E-state index in [2.05, 4.69) is 32.8 Å². The first kappa shape index (κ1) is 19.0. The van der Waals surface area contributed by atoms with Crippen molar-refractivity contribution in [3.63, 3.8) is 0 Å². The Morgan fingerprint density at radius 2 is 2.10 bits per heavy atom. The van der Waals surface area contributed by atoms with Crippen molar-refractivity contribution in [1.29, 1.82) is 5.26 Å². The van der Waals surface area contributed by atoms with E-state index >= 15 is 0 Å². The van der Waals surface area contributed by atoms with Gasteiger partial charge in [-0.05, 0) is 32.6 Å². The Morgan fingerprint density at radius 1 is 1.27 bits per heavy atom. The van der Waals surface area contributed by atoms with Crippen LogP contribution in [0.5, 0.6) is 0 Å². The summed E-state index contributed by atoms with van der Waals surface area (Å²) >= 11 is 1.50. The summed E-state index contributed by atoms with van der Waals surface area (Å²) in [5, 5.41) is 10.7. The summed E-state index contributed by atoms with van der Waals surface area (Å²) < 4.78 is 1.56. The number of piperidine rings is 1. The fourth-order valence-corrected chi connectivity index (χ4v) is 5.91. The lowest BCUT2D eigenvalue weighted by Gasteiger charge is -2.40. The molecule has 0 saturated carbocycles. The van der Waals surface area contributed by atoms with E-state index < -0.39 is 0 Å². The number of rotatable bonds is 2. The number of aryl methyl sites for hydroxylation is 3. The minimum absolute atomic E-state index is 0.204. The lowest BCUT2D eigenvalue weighted by Crippen LogP contribution is -2.47. The van der Waals surface area contributed by atoms with Crippen LogP contribution < -0.4 is 15.4 Å². The van der Waals surface area contributed by atoms with Crippen molar-refractivity contribution in [2.45, 2.75) is 32.7 Å². The fourth-order valence-electron chi connectivity index (χ4n) is 5.03. The SMILES string of the molecule is Cc1nc2c(N3CC[C@H]4[C@H](CCN4c4ncncc4C)C3)c(C#N)c(=O)n(C)c2s1. The molecule has 2 saturated heterocycles. The average Bonchev–Trinajstić information content (AvgIpc) is 3.34. The van der Waals surface area contributed by atoms with Gasteiger partial charge >= 0.3 is 0 Å². The minimum Gasteiger partial charge on any atom is -0.368 e. The number of fused-ring (bicyclic) bond motifs is 2. The number of hydrogen-bond acceptors (Lipinski definition) is 8. The lowest BCUT2D eigenvalue weighted by atomic mass is 9.92. The van der Waals surface area contributed by atoms with Crippen molar-refractivity contribution in [2.75, 3.05) is 29.4 Å². The monoisotopic (exact) mass is 421 g/mol. The topological polar surface area (TPSA) is 90.9 Å². The molecule has 0 N–H and O–H groups in total. The van der Waals surface area contributed by atoms with E-state index in [0.717, 1.165) is 64.9 Å². The lowest BCUT2D eigenvalue weighted by molar-refractivity contribution is 0.395. The van der Waals surface area contributed by atoms with Gasteiger partial charge in [0.1, 0.15) is 34.1 Å². The van der Waals surface area contributed by atoms with Gasteiger partial charge in [-0.2, -0.15) is 5.26 Å². The molecule has 2 fully saturated rings. The third-order valence-corrected chi connectivity index (χ3v) is 7.45. The van der Waals surface area contributed by atoms with Crippen LogP contribution in [0.4, 0.5) is 11.5 Å². The Hall–Kier alpha value is -2.99. The molecule has 5 rings (SSSR count). The van der Waals surface area contributed by atoms with Gasteiger partial charge < -0.3 is 14.4 Å². The number of nitriles is 1. The van der Waals surface area contributed by atoms with Gasteiger partial charge in [0.05, 0.1) is 10.7 Å². The van der Waals surface area contributed by atoms with E-state index in [1.165, 1.54) is 11.3 Å². The van der Waals surface area contributed by atoms with Gasteiger partial charge in [0, 0.05) is 44.5 Å². The number of hydrogen-bond donors (Lipinski definition) is 0. The van der Waals surface area contributed by atoms with Crippen LogP contribution in [0.25, 0.3) is 10.3 Å². The summed E-state index contributed by atoms with van der Waals surface area (Å²) in [6, 6.07) is 2.58. The van der Waals surface area contributed by atoms with Crippen LogP contribution in [0.15, 0.2) is 17.3 Å². The highest BCUT2D eigenvalue weighted by Crippen LogP contribution is 2.39. The standard InChI is InChI=1S/C21H23N7OS/c1-12-9-23-11-24-19(12)28-7-4-14-10-27(6-5-16(14)28)18-15(8-22)20(29)26(3)21-17(18)25-13(2)30-21/h9,11,14,16H,4-7,10H2,1-3H3/t14-,16+/m1/s1. The molecule has 2 atom stereocenters. The molecule has 0 bridgehead atoms. The molecule has 3 aromatic rings. The van der Waals surface area contributed by atoms with Crippen LogP contribution in [-0.2, 0) is 7.05 Å². The molecule has 2 aliphatic heterocycles. The Kier molecular flexibility index (Phi) is 4.47. The maximum Gasteiger partial charge on any atom is 0.271 e. The summed E-state index contributed by atoms with van der Waals surface area (Å²) in [6.07, 6.45) is 5.51. The third kappa shape index (κ3) is 2.78. The van der Waals surface area contributed by atoms with Crippen molar-refractivity contribution in [1.82, 2.24) is 19.5 Å². The summed E-state index contributed by atoms with van der Waals surface area (Å²) in [5.41, 5.74) is 2.55. The van der Waals surface area contributed by atoms with Gasteiger partial charge in [-0.15, -0.1) is 11.3 Å². The minimum atomic E-state index is -0.240. The number of pyridine rings is 1. The smallest absolute Gasteiger partial charge is 0.271 e. The molecule has 0 radical (unpaired) electrons. The van der Waals surface area contributed by atoms with E-state index in [1.807, 2.05) is 13.1 Å². The normalized spacial score (nSPS) is 21.1. The number of nitrogens with zero attached hydrogens (tertiary/aromatic N) is 7. The van der Waals surface area contributed by atoms with Crippen LogP contribution >= 0.6 is 11.3 Å². The van der Waals surface area contributed by atoms with Crippen molar-refractivity contribution in [3.05, 3.63) is 39.0 Å². The molecule has 9 heteroatoms. The first-order chi connectivity index (χ1) is 14.5. The van der Waals surface area contributed by atoms with Gasteiger partial charge in [-0.1, -0.05) is 0 Å². The van der Waals surface area contributed by atoms with Crippen LogP contribution in [0.2, 0.25) is 0 Å². The molecule has 8 nitrogen and oxygen atoms in total. The highest BCUT2D eigenvalue weighted by atomic mass is 32.1. The molecule has 2 aliphatic rings. The molecule has 0 spiro atoms. The summed E-state index contributed by atoms with van der Waals surface area (Å²) in [5.74, 6) is 1.48. The summed E-state index contributed by atoms with van der Waals surface area (Å²) in [4.78, 5) is 31.7. The molecule has 154 valence electrons. The van der Waals surface area contributed by atoms with Crippen LogP contribution in [0.3, 0.4) is 0 Å². The van der Waals surface area contributed by atoms with Crippen LogP contribution in [-0.4, -0.2) is 45.2 Å². The van der Waals surface area contributed by atoms with E-state index in [9.17, 15) is 10.1 Å². The highest BCUT2D eigenvalue weighted by Gasteiger charge is 2.40. The van der Waals surface area contributed by atoms with E-state index in [0.29, 0.717) is 12.0 Å². The Labute approximate surface area is 178 Å². The van der Waals surface area contributed by atoms with Gasteiger partial charge in [0.2, 0.25) is 0 Å². The predicted molar refractivity (Wildman–Crippen MR) is 117 cm³/mol. The molecule has 30 heavy (non-hydrogen) atoms. The van der Waals surface area contributed by atoms with Gasteiger partial charge in [0.15, 0.2) is 0 Å². The second-order valence-electron chi connectivity index (χ2n) is 8.16. The fraction of sp³-hybridized carbons (Fsp3) is 0.476. The maximum absolute atomic E-state index is 12.9. The van der Waals surface area contributed by atoms with Crippen LogP contribution in [0.1, 0.15) is 29.0 Å². The van der Waals surface area contributed by atoms with Crippen molar-refractivity contribution in [3.8, 4) is 6.07 Å². The molecule has 0 amide bonds. The second-order valence-corrected chi connectivity index (χ2v) is 9.34. The first-order valence-corrected chi connectivity index (χ1v) is 11.0. The zero-order valence-electron chi connectivity index (χ0n) is 17.3. The Bertz CT molecular complexity index is 1240. The quantitative estimate of drug-likeness (QED) is 0.627. The third-order valence-electron chi connectivity index (χ3n) is 6.40. The van der Waals surface area contributed by atoms with Gasteiger partial charge in [-0.3, -0.25) is 4.79 Å². The van der Waals surface area contributed by atoms with E-state index in [4.69, 9.17) is 4.98 Å². The summed E-state index contributed by atoms with van der Waals surface area (Å²) in [7, 11) is 1.72. The zero-order chi connectivity index (χ0) is 21.0. The number of aromatic nitrogens is 4. The molecular weight excluding hydrogens is 398 g/mol. The predicted octanol–water partition coefficient (Wildman–Crippen LogP) is 2.38.